The number of ketones is 1. The minimum atomic E-state index is -0.264. The first-order chi connectivity index (χ1) is 9.95. The van der Waals surface area contributed by atoms with Crippen molar-refractivity contribution in [1.82, 2.24) is 0 Å². The van der Waals surface area contributed by atoms with E-state index in [-0.39, 0.29) is 18.1 Å². The Hall–Kier alpha value is -2.16. The summed E-state index contributed by atoms with van der Waals surface area (Å²) in [5.74, 6) is -0.148. The largest absolute Gasteiger partial charge is 0.378 e. The van der Waals surface area contributed by atoms with Gasteiger partial charge in [0.15, 0.2) is 5.78 Å². The third-order valence-electron chi connectivity index (χ3n) is 3.55. The van der Waals surface area contributed by atoms with Gasteiger partial charge < -0.3 is 5.32 Å². The summed E-state index contributed by atoms with van der Waals surface area (Å²) in [5, 5.41) is 3.07. The van der Waals surface area contributed by atoms with Crippen molar-refractivity contribution in [2.24, 2.45) is 0 Å². The Morgan fingerprint density at radius 2 is 1.81 bits per heavy atom. The molecule has 2 aromatic rings. The summed E-state index contributed by atoms with van der Waals surface area (Å²) < 4.78 is 13.0. The molecule has 3 heteroatoms. The molecule has 0 amide bonds. The van der Waals surface area contributed by atoms with Gasteiger partial charge in [-0.05, 0) is 55.7 Å². The molecule has 2 aromatic carbocycles. The van der Waals surface area contributed by atoms with Gasteiger partial charge in [0.25, 0.3) is 0 Å². The molecule has 0 aliphatic carbocycles. The second-order valence-electron chi connectivity index (χ2n) is 5.46. The topological polar surface area (TPSA) is 29.1 Å². The maximum Gasteiger partial charge on any atom is 0.156 e. The first-order valence-corrected chi connectivity index (χ1v) is 7.03. The normalized spacial score (nSPS) is 10.5. The van der Waals surface area contributed by atoms with Gasteiger partial charge in [0.1, 0.15) is 5.82 Å². The van der Waals surface area contributed by atoms with Crippen LogP contribution in [0.15, 0.2) is 36.4 Å². The second-order valence-corrected chi connectivity index (χ2v) is 5.46. The Balaban J connectivity index is 1.96. The summed E-state index contributed by atoms with van der Waals surface area (Å²) in [6.45, 7) is 6.13. The fourth-order valence-corrected chi connectivity index (χ4v) is 2.34. The number of aryl methyl sites for hydroxylation is 3. The molecule has 1 N–H and O–H groups in total. The van der Waals surface area contributed by atoms with Gasteiger partial charge in [-0.3, -0.25) is 4.79 Å². The highest BCUT2D eigenvalue weighted by Crippen LogP contribution is 2.16. The van der Waals surface area contributed by atoms with Crippen LogP contribution in [0.4, 0.5) is 10.1 Å². The van der Waals surface area contributed by atoms with Crippen LogP contribution in [0.2, 0.25) is 0 Å². The average molecular weight is 285 g/mol. The monoisotopic (exact) mass is 285 g/mol. The van der Waals surface area contributed by atoms with Crippen LogP contribution in [0.3, 0.4) is 0 Å². The Labute approximate surface area is 125 Å². The standard InChI is InChI=1S/C18H20FNO/c1-12-4-5-15(13(2)8-12)10-17(21)11-20-18-7-6-16(19)9-14(18)3/h4-9,20H,10-11H2,1-3H3. The number of rotatable bonds is 5. The van der Waals surface area contributed by atoms with Gasteiger partial charge >= 0.3 is 0 Å². The number of halogens is 1. The van der Waals surface area contributed by atoms with Gasteiger partial charge in [0.05, 0.1) is 6.54 Å². The number of hydrogen-bond donors (Lipinski definition) is 1. The predicted molar refractivity (Wildman–Crippen MR) is 84.3 cm³/mol. The van der Waals surface area contributed by atoms with Crippen molar-refractivity contribution in [3.05, 3.63) is 64.5 Å². The Bertz CT molecular complexity index is 664. The van der Waals surface area contributed by atoms with Crippen LogP contribution in [0, 0.1) is 26.6 Å². The Morgan fingerprint density at radius 1 is 1.05 bits per heavy atom. The SMILES string of the molecule is Cc1ccc(CC(=O)CNc2ccc(F)cc2C)c(C)c1. The van der Waals surface area contributed by atoms with E-state index >= 15 is 0 Å². The van der Waals surface area contributed by atoms with E-state index in [1.165, 1.54) is 17.7 Å². The van der Waals surface area contributed by atoms with Crippen molar-refractivity contribution >= 4 is 11.5 Å². The molecule has 0 saturated heterocycles. The quantitative estimate of drug-likeness (QED) is 0.900. The lowest BCUT2D eigenvalue weighted by molar-refractivity contribution is -0.116. The van der Waals surface area contributed by atoms with Crippen molar-refractivity contribution in [2.75, 3.05) is 11.9 Å². The number of benzene rings is 2. The molecule has 0 radical (unpaired) electrons. The molecule has 110 valence electrons. The van der Waals surface area contributed by atoms with E-state index in [2.05, 4.69) is 11.4 Å². The van der Waals surface area contributed by atoms with Gasteiger partial charge in [-0.15, -0.1) is 0 Å². The number of nitrogens with one attached hydrogen (secondary N) is 1. The van der Waals surface area contributed by atoms with E-state index in [9.17, 15) is 9.18 Å². The summed E-state index contributed by atoms with van der Waals surface area (Å²) in [6, 6.07) is 10.6. The third-order valence-corrected chi connectivity index (χ3v) is 3.55. The first kappa shape index (κ1) is 15.2. The molecular formula is C18H20FNO. The summed E-state index contributed by atoms with van der Waals surface area (Å²) in [4.78, 5) is 12.1. The van der Waals surface area contributed by atoms with Gasteiger partial charge in [-0.2, -0.15) is 0 Å². The number of hydrogen-bond acceptors (Lipinski definition) is 2. The van der Waals surface area contributed by atoms with E-state index in [4.69, 9.17) is 0 Å². The molecular weight excluding hydrogens is 265 g/mol. The molecule has 0 atom stereocenters. The Kier molecular flexibility index (Phi) is 4.73. The summed E-state index contributed by atoms with van der Waals surface area (Å²) >= 11 is 0. The molecule has 2 rings (SSSR count). The fraction of sp³-hybridized carbons (Fsp3) is 0.278. The average Bonchev–Trinajstić information content (AvgIpc) is 2.41. The zero-order valence-corrected chi connectivity index (χ0v) is 12.7. The number of carbonyl (C=O) groups is 1. The van der Waals surface area contributed by atoms with Crippen LogP contribution < -0.4 is 5.32 Å². The molecule has 0 aliphatic rings. The van der Waals surface area contributed by atoms with Gasteiger partial charge in [-0.25, -0.2) is 4.39 Å². The lowest BCUT2D eigenvalue weighted by Gasteiger charge is -2.10. The van der Waals surface area contributed by atoms with Crippen LogP contribution in [-0.2, 0) is 11.2 Å². The molecule has 0 bridgehead atoms. The number of Topliss-reactive ketones (excluding diaryl/α,β-unsaturated/α-hetero) is 1. The minimum Gasteiger partial charge on any atom is -0.378 e. The van der Waals surface area contributed by atoms with Crippen LogP contribution in [-0.4, -0.2) is 12.3 Å². The second kappa shape index (κ2) is 6.53. The van der Waals surface area contributed by atoms with Crippen molar-refractivity contribution in [3.8, 4) is 0 Å². The highest BCUT2D eigenvalue weighted by atomic mass is 19.1. The number of carbonyl (C=O) groups excluding carboxylic acids is 1. The summed E-state index contributed by atoms with van der Waals surface area (Å²) in [5.41, 5.74) is 4.99. The molecule has 0 fully saturated rings. The molecule has 0 aliphatic heterocycles. The fourth-order valence-electron chi connectivity index (χ4n) is 2.34. The van der Waals surface area contributed by atoms with E-state index in [1.807, 2.05) is 32.9 Å². The molecule has 0 spiro atoms. The zero-order valence-electron chi connectivity index (χ0n) is 12.7. The minimum absolute atomic E-state index is 0.116. The van der Waals surface area contributed by atoms with E-state index in [0.29, 0.717) is 6.42 Å². The first-order valence-electron chi connectivity index (χ1n) is 7.03. The van der Waals surface area contributed by atoms with Gasteiger partial charge in [0, 0.05) is 12.1 Å². The van der Waals surface area contributed by atoms with E-state index in [1.54, 1.807) is 6.07 Å². The van der Waals surface area contributed by atoms with Crippen molar-refractivity contribution < 1.29 is 9.18 Å². The molecule has 2 nitrogen and oxygen atoms in total. The van der Waals surface area contributed by atoms with Crippen LogP contribution in [0.25, 0.3) is 0 Å². The molecule has 0 heterocycles. The van der Waals surface area contributed by atoms with Crippen LogP contribution >= 0.6 is 0 Å². The smallest absolute Gasteiger partial charge is 0.156 e. The molecule has 21 heavy (non-hydrogen) atoms. The zero-order chi connectivity index (χ0) is 15.4. The van der Waals surface area contributed by atoms with Gasteiger partial charge in [-0.1, -0.05) is 23.8 Å². The third kappa shape index (κ3) is 4.15. The predicted octanol–water partition coefficient (Wildman–Crippen LogP) is 3.97. The molecule has 0 aromatic heterocycles. The maximum atomic E-state index is 13.0. The molecule has 0 saturated carbocycles. The Morgan fingerprint density at radius 3 is 2.48 bits per heavy atom. The van der Waals surface area contributed by atoms with Crippen molar-refractivity contribution in [2.45, 2.75) is 27.2 Å². The lowest BCUT2D eigenvalue weighted by Crippen LogP contribution is -2.17. The van der Waals surface area contributed by atoms with E-state index < -0.39 is 0 Å². The highest BCUT2D eigenvalue weighted by Gasteiger charge is 2.07. The van der Waals surface area contributed by atoms with Crippen molar-refractivity contribution in [3.63, 3.8) is 0 Å². The highest BCUT2D eigenvalue weighted by molar-refractivity contribution is 5.85. The van der Waals surface area contributed by atoms with Gasteiger partial charge in [0.2, 0.25) is 0 Å². The van der Waals surface area contributed by atoms with Crippen LogP contribution in [0.5, 0.6) is 0 Å². The van der Waals surface area contributed by atoms with Crippen LogP contribution in [0.1, 0.15) is 22.3 Å². The lowest BCUT2D eigenvalue weighted by atomic mass is 10.0. The summed E-state index contributed by atoms with van der Waals surface area (Å²) in [6.07, 6.45) is 0.416. The van der Waals surface area contributed by atoms with E-state index in [0.717, 1.165) is 22.4 Å². The molecule has 0 unspecified atom stereocenters. The van der Waals surface area contributed by atoms with Crippen molar-refractivity contribution in [1.29, 1.82) is 0 Å². The maximum absolute atomic E-state index is 13.0. The number of anilines is 1. The summed E-state index contributed by atoms with van der Waals surface area (Å²) in [7, 11) is 0.